The van der Waals surface area contributed by atoms with Gasteiger partial charge in [0.2, 0.25) is 5.91 Å². The first-order valence-corrected chi connectivity index (χ1v) is 9.68. The van der Waals surface area contributed by atoms with Crippen LogP contribution in [0.1, 0.15) is 29.7 Å². The van der Waals surface area contributed by atoms with Crippen molar-refractivity contribution >= 4 is 17.2 Å². The summed E-state index contributed by atoms with van der Waals surface area (Å²) in [7, 11) is 0. The Morgan fingerprint density at radius 1 is 1.17 bits per heavy atom. The van der Waals surface area contributed by atoms with E-state index in [1.165, 1.54) is 9.88 Å². The Balaban J connectivity index is 1.41. The van der Waals surface area contributed by atoms with Crippen molar-refractivity contribution in [1.82, 2.24) is 19.7 Å². The highest BCUT2D eigenvalue weighted by atomic mass is 32.1. The molecule has 3 rings (SSSR count). The fourth-order valence-corrected chi connectivity index (χ4v) is 4.03. The lowest BCUT2D eigenvalue weighted by molar-refractivity contribution is -0.136. The number of hydrogen-bond donors (Lipinski definition) is 0. The molecular formula is C17H28N4O2S. The van der Waals surface area contributed by atoms with Gasteiger partial charge in [-0.3, -0.25) is 14.6 Å². The van der Waals surface area contributed by atoms with Gasteiger partial charge in [-0.15, -0.1) is 11.3 Å². The standard InChI is InChI=1S/C17H28N4O2S/c1-14(2)15-11-18-16(24-15)12-19-3-5-20(6-4-19)13-17(22)21-7-9-23-10-8-21/h11,14H,3-10,12-13H2,1-2H3. The first-order chi connectivity index (χ1) is 11.6. The molecule has 0 saturated carbocycles. The molecule has 2 fully saturated rings. The van der Waals surface area contributed by atoms with E-state index in [-0.39, 0.29) is 5.91 Å². The summed E-state index contributed by atoms with van der Waals surface area (Å²) in [6.45, 7) is 12.6. The molecule has 2 saturated heterocycles. The summed E-state index contributed by atoms with van der Waals surface area (Å²) in [6, 6.07) is 0. The fraction of sp³-hybridized carbons (Fsp3) is 0.765. The zero-order chi connectivity index (χ0) is 16.9. The Bertz CT molecular complexity index is 534. The van der Waals surface area contributed by atoms with Gasteiger partial charge < -0.3 is 9.64 Å². The summed E-state index contributed by atoms with van der Waals surface area (Å²) < 4.78 is 5.31. The van der Waals surface area contributed by atoms with E-state index in [0.29, 0.717) is 25.7 Å². The second kappa shape index (κ2) is 8.38. The van der Waals surface area contributed by atoms with Crippen LogP contribution in [0, 0.1) is 0 Å². The van der Waals surface area contributed by atoms with Crippen molar-refractivity contribution in [1.29, 1.82) is 0 Å². The van der Waals surface area contributed by atoms with Gasteiger partial charge in [-0.1, -0.05) is 13.8 Å². The average Bonchev–Trinajstić information content (AvgIpc) is 3.06. The zero-order valence-corrected chi connectivity index (χ0v) is 15.6. The summed E-state index contributed by atoms with van der Waals surface area (Å²) in [6.07, 6.45) is 2.02. The van der Waals surface area contributed by atoms with Crippen LogP contribution in [-0.4, -0.2) is 84.6 Å². The van der Waals surface area contributed by atoms with Gasteiger partial charge in [0.1, 0.15) is 5.01 Å². The van der Waals surface area contributed by atoms with Crippen LogP contribution in [0.25, 0.3) is 0 Å². The quantitative estimate of drug-likeness (QED) is 0.798. The van der Waals surface area contributed by atoms with E-state index in [1.807, 2.05) is 22.4 Å². The summed E-state index contributed by atoms with van der Waals surface area (Å²) in [5.74, 6) is 0.799. The molecule has 0 aromatic carbocycles. The summed E-state index contributed by atoms with van der Waals surface area (Å²) >= 11 is 1.83. The Morgan fingerprint density at radius 3 is 2.46 bits per heavy atom. The van der Waals surface area contributed by atoms with Crippen molar-refractivity contribution in [3.05, 3.63) is 16.1 Å². The monoisotopic (exact) mass is 352 g/mol. The predicted molar refractivity (Wildman–Crippen MR) is 95.3 cm³/mol. The first-order valence-electron chi connectivity index (χ1n) is 8.86. The van der Waals surface area contributed by atoms with E-state index in [9.17, 15) is 4.79 Å². The molecule has 0 N–H and O–H groups in total. The number of amides is 1. The van der Waals surface area contributed by atoms with Crippen molar-refractivity contribution < 1.29 is 9.53 Å². The smallest absolute Gasteiger partial charge is 0.236 e. The molecule has 1 aromatic rings. The third-order valence-electron chi connectivity index (χ3n) is 4.69. The molecule has 0 spiro atoms. The third kappa shape index (κ3) is 4.75. The summed E-state index contributed by atoms with van der Waals surface area (Å²) in [4.78, 5) is 24.9. The second-order valence-corrected chi connectivity index (χ2v) is 8.00. The fourth-order valence-electron chi connectivity index (χ4n) is 3.07. The number of ether oxygens (including phenoxy) is 1. The Labute approximate surface area is 148 Å². The minimum absolute atomic E-state index is 0.244. The minimum atomic E-state index is 0.244. The van der Waals surface area contributed by atoms with Gasteiger partial charge in [0.15, 0.2) is 0 Å². The van der Waals surface area contributed by atoms with Crippen molar-refractivity contribution in [2.45, 2.75) is 26.3 Å². The van der Waals surface area contributed by atoms with Gasteiger partial charge >= 0.3 is 0 Å². The SMILES string of the molecule is CC(C)c1cnc(CN2CCN(CC(=O)N3CCOCC3)CC2)s1. The highest BCUT2D eigenvalue weighted by Gasteiger charge is 2.23. The van der Waals surface area contributed by atoms with Crippen molar-refractivity contribution in [3.8, 4) is 0 Å². The van der Waals surface area contributed by atoms with E-state index in [1.54, 1.807) is 0 Å². The minimum Gasteiger partial charge on any atom is -0.378 e. The van der Waals surface area contributed by atoms with Gasteiger partial charge in [-0.25, -0.2) is 4.98 Å². The van der Waals surface area contributed by atoms with Gasteiger partial charge in [-0.05, 0) is 5.92 Å². The van der Waals surface area contributed by atoms with Crippen molar-refractivity contribution in [2.24, 2.45) is 0 Å². The molecule has 0 aliphatic carbocycles. The lowest BCUT2D eigenvalue weighted by atomic mass is 10.2. The molecule has 0 radical (unpaired) electrons. The van der Waals surface area contributed by atoms with Gasteiger partial charge in [0.25, 0.3) is 0 Å². The normalized spacial score (nSPS) is 20.7. The van der Waals surface area contributed by atoms with Gasteiger partial charge in [-0.2, -0.15) is 0 Å². The highest BCUT2D eigenvalue weighted by Crippen LogP contribution is 2.23. The largest absolute Gasteiger partial charge is 0.378 e. The molecule has 1 aromatic heterocycles. The zero-order valence-electron chi connectivity index (χ0n) is 14.7. The molecule has 7 heteroatoms. The van der Waals surface area contributed by atoms with Crippen molar-refractivity contribution in [3.63, 3.8) is 0 Å². The average molecular weight is 353 g/mol. The number of aromatic nitrogens is 1. The number of carbonyl (C=O) groups excluding carboxylic acids is 1. The van der Waals surface area contributed by atoms with Crippen LogP contribution in [0.15, 0.2) is 6.20 Å². The Kier molecular flexibility index (Phi) is 6.21. The van der Waals surface area contributed by atoms with E-state index in [0.717, 1.165) is 45.8 Å². The van der Waals surface area contributed by atoms with Crippen LogP contribution >= 0.6 is 11.3 Å². The molecule has 2 aliphatic heterocycles. The first kappa shape index (κ1) is 17.8. The summed E-state index contributed by atoms with van der Waals surface area (Å²) in [5, 5.41) is 1.21. The summed E-state index contributed by atoms with van der Waals surface area (Å²) in [5.41, 5.74) is 0. The predicted octanol–water partition coefficient (Wildman–Crippen LogP) is 1.24. The van der Waals surface area contributed by atoms with Crippen LogP contribution in [0.2, 0.25) is 0 Å². The highest BCUT2D eigenvalue weighted by molar-refractivity contribution is 7.11. The second-order valence-electron chi connectivity index (χ2n) is 6.86. The Morgan fingerprint density at radius 2 is 1.83 bits per heavy atom. The number of piperazine rings is 1. The lowest BCUT2D eigenvalue weighted by Gasteiger charge is -2.35. The van der Waals surface area contributed by atoms with Crippen LogP contribution in [0.5, 0.6) is 0 Å². The number of rotatable bonds is 5. The third-order valence-corrected chi connectivity index (χ3v) is 5.97. The van der Waals surface area contributed by atoms with E-state index in [4.69, 9.17) is 4.74 Å². The number of morpholine rings is 1. The molecular weight excluding hydrogens is 324 g/mol. The molecule has 0 bridgehead atoms. The molecule has 2 aliphatic rings. The number of thiazole rings is 1. The topological polar surface area (TPSA) is 48.9 Å². The maximum Gasteiger partial charge on any atom is 0.236 e. The van der Waals surface area contributed by atoms with E-state index < -0.39 is 0 Å². The molecule has 0 unspecified atom stereocenters. The maximum absolute atomic E-state index is 12.3. The molecule has 134 valence electrons. The molecule has 3 heterocycles. The number of hydrogen-bond acceptors (Lipinski definition) is 6. The van der Waals surface area contributed by atoms with E-state index >= 15 is 0 Å². The number of carbonyl (C=O) groups is 1. The van der Waals surface area contributed by atoms with Crippen molar-refractivity contribution in [2.75, 3.05) is 59.0 Å². The molecule has 0 atom stereocenters. The van der Waals surface area contributed by atoms with Gasteiger partial charge in [0.05, 0.1) is 26.3 Å². The Hall–Kier alpha value is -1.02. The van der Waals surface area contributed by atoms with Crippen LogP contribution in [0.4, 0.5) is 0 Å². The van der Waals surface area contributed by atoms with Crippen LogP contribution in [0.3, 0.4) is 0 Å². The van der Waals surface area contributed by atoms with Crippen LogP contribution < -0.4 is 0 Å². The molecule has 1 amide bonds. The maximum atomic E-state index is 12.3. The molecule has 6 nitrogen and oxygen atoms in total. The molecule has 24 heavy (non-hydrogen) atoms. The lowest BCUT2D eigenvalue weighted by Crippen LogP contribution is -2.51. The van der Waals surface area contributed by atoms with Gasteiger partial charge in [0, 0.05) is 50.3 Å². The van der Waals surface area contributed by atoms with E-state index in [2.05, 4.69) is 28.6 Å². The number of nitrogens with zero attached hydrogens (tertiary/aromatic N) is 4. The van der Waals surface area contributed by atoms with Crippen LogP contribution in [-0.2, 0) is 16.1 Å².